The normalized spacial score (nSPS) is 13.9. The molecule has 0 unspecified atom stereocenters. The van der Waals surface area contributed by atoms with E-state index in [1.54, 1.807) is 11.1 Å². The molecular formula is C19H17N3O3. The summed E-state index contributed by atoms with van der Waals surface area (Å²) in [7, 11) is 0. The minimum Gasteiger partial charge on any atom is -0.492 e. The van der Waals surface area contributed by atoms with E-state index in [1.165, 1.54) is 0 Å². The summed E-state index contributed by atoms with van der Waals surface area (Å²) in [5.41, 5.74) is 3.47. The molecule has 25 heavy (non-hydrogen) atoms. The van der Waals surface area contributed by atoms with Crippen LogP contribution in [0.3, 0.4) is 0 Å². The van der Waals surface area contributed by atoms with Gasteiger partial charge in [-0.05, 0) is 24.3 Å². The van der Waals surface area contributed by atoms with Gasteiger partial charge in [0.1, 0.15) is 19.0 Å². The molecule has 1 saturated heterocycles. The van der Waals surface area contributed by atoms with Crippen LogP contribution in [0.2, 0.25) is 0 Å². The number of nitrogens with zero attached hydrogens (tertiary/aromatic N) is 3. The molecule has 0 bridgehead atoms. The van der Waals surface area contributed by atoms with Gasteiger partial charge in [-0.15, -0.1) is 0 Å². The lowest BCUT2D eigenvalue weighted by Gasteiger charge is -2.13. The van der Waals surface area contributed by atoms with Crippen LogP contribution >= 0.6 is 0 Å². The van der Waals surface area contributed by atoms with Crippen LogP contribution in [0, 0.1) is 0 Å². The number of cyclic esters (lactones) is 1. The highest BCUT2D eigenvalue weighted by atomic mass is 16.6. The van der Waals surface area contributed by atoms with Crippen LogP contribution in [0.1, 0.15) is 0 Å². The average molecular weight is 335 g/mol. The third kappa shape index (κ3) is 3.38. The van der Waals surface area contributed by atoms with Crippen LogP contribution in [0.4, 0.5) is 4.79 Å². The van der Waals surface area contributed by atoms with Gasteiger partial charge in [-0.2, -0.15) is 0 Å². The summed E-state index contributed by atoms with van der Waals surface area (Å²) in [5.74, 6) is 0.736. The van der Waals surface area contributed by atoms with Gasteiger partial charge in [0, 0.05) is 5.56 Å². The first kappa shape index (κ1) is 15.4. The minimum atomic E-state index is -0.274. The first-order valence-corrected chi connectivity index (χ1v) is 8.16. The smallest absolute Gasteiger partial charge is 0.410 e. The molecule has 0 atom stereocenters. The molecule has 2 aromatic carbocycles. The van der Waals surface area contributed by atoms with Crippen LogP contribution < -0.4 is 4.74 Å². The van der Waals surface area contributed by atoms with Gasteiger partial charge in [0.25, 0.3) is 0 Å². The second-order valence-electron chi connectivity index (χ2n) is 5.72. The third-order valence-corrected chi connectivity index (χ3v) is 4.05. The molecular weight excluding hydrogens is 318 g/mol. The summed E-state index contributed by atoms with van der Waals surface area (Å²) in [6.45, 7) is 2.00. The maximum Gasteiger partial charge on any atom is 0.410 e. The molecule has 2 heterocycles. The second kappa shape index (κ2) is 6.76. The lowest BCUT2D eigenvalue weighted by Crippen LogP contribution is -2.29. The Hall–Kier alpha value is -3.15. The predicted octanol–water partition coefficient (Wildman–Crippen LogP) is 3.13. The Labute approximate surface area is 145 Å². The van der Waals surface area contributed by atoms with Gasteiger partial charge in [0.05, 0.1) is 36.0 Å². The van der Waals surface area contributed by atoms with Crippen LogP contribution in [0.15, 0.2) is 54.7 Å². The van der Waals surface area contributed by atoms with Crippen molar-refractivity contribution in [1.82, 2.24) is 14.9 Å². The molecule has 0 saturated carbocycles. The van der Waals surface area contributed by atoms with E-state index in [1.807, 2.05) is 48.5 Å². The number of fused-ring (bicyclic) bond motifs is 1. The second-order valence-corrected chi connectivity index (χ2v) is 5.72. The van der Waals surface area contributed by atoms with Crippen molar-refractivity contribution in [2.24, 2.45) is 0 Å². The Kier molecular flexibility index (Phi) is 4.16. The Bertz CT molecular complexity index is 913. The van der Waals surface area contributed by atoms with Crippen molar-refractivity contribution in [3.05, 3.63) is 54.7 Å². The molecule has 4 rings (SSSR count). The lowest BCUT2D eigenvalue weighted by molar-refractivity contribution is 0.153. The van der Waals surface area contributed by atoms with Gasteiger partial charge in [-0.1, -0.05) is 24.3 Å². The summed E-state index contributed by atoms with van der Waals surface area (Å²) in [6, 6.07) is 15.5. The maximum atomic E-state index is 11.4. The number of hydrogen-bond donors (Lipinski definition) is 0. The predicted molar refractivity (Wildman–Crippen MR) is 93.4 cm³/mol. The Morgan fingerprint density at radius 1 is 1.12 bits per heavy atom. The van der Waals surface area contributed by atoms with Crippen molar-refractivity contribution in [1.29, 1.82) is 0 Å². The third-order valence-electron chi connectivity index (χ3n) is 4.05. The summed E-state index contributed by atoms with van der Waals surface area (Å²) < 4.78 is 10.7. The zero-order chi connectivity index (χ0) is 17.1. The largest absolute Gasteiger partial charge is 0.492 e. The van der Waals surface area contributed by atoms with Crippen molar-refractivity contribution < 1.29 is 14.3 Å². The fraction of sp³-hybridized carbons (Fsp3) is 0.211. The zero-order valence-electron chi connectivity index (χ0n) is 13.6. The van der Waals surface area contributed by atoms with Crippen molar-refractivity contribution in [2.75, 3.05) is 26.3 Å². The minimum absolute atomic E-state index is 0.274. The molecule has 0 spiro atoms. The molecule has 6 heteroatoms. The van der Waals surface area contributed by atoms with Crippen LogP contribution in [-0.4, -0.2) is 47.3 Å². The summed E-state index contributed by atoms with van der Waals surface area (Å²) >= 11 is 0. The van der Waals surface area contributed by atoms with E-state index in [4.69, 9.17) is 9.47 Å². The molecule has 1 fully saturated rings. The molecule has 1 amide bonds. The molecule has 126 valence electrons. The van der Waals surface area contributed by atoms with Gasteiger partial charge in [0.15, 0.2) is 0 Å². The highest BCUT2D eigenvalue weighted by Crippen LogP contribution is 2.23. The molecule has 6 nitrogen and oxygen atoms in total. The number of aromatic nitrogens is 2. The number of para-hydroxylation sites is 2. The first-order valence-electron chi connectivity index (χ1n) is 8.16. The lowest BCUT2D eigenvalue weighted by atomic mass is 10.1. The van der Waals surface area contributed by atoms with E-state index in [0.717, 1.165) is 28.0 Å². The van der Waals surface area contributed by atoms with E-state index >= 15 is 0 Å². The van der Waals surface area contributed by atoms with Gasteiger partial charge in [0.2, 0.25) is 0 Å². The van der Waals surface area contributed by atoms with Crippen molar-refractivity contribution >= 4 is 17.1 Å². The Balaban J connectivity index is 1.47. The molecule has 1 aliphatic rings. The van der Waals surface area contributed by atoms with E-state index in [0.29, 0.717) is 26.3 Å². The Morgan fingerprint density at radius 2 is 2.00 bits per heavy atom. The summed E-state index contributed by atoms with van der Waals surface area (Å²) in [5, 5.41) is 0. The van der Waals surface area contributed by atoms with Gasteiger partial charge in [-0.3, -0.25) is 4.98 Å². The SMILES string of the molecule is O=C1OCCN1CCOc1cccc(-c2cnc3ccccc3n2)c1. The summed E-state index contributed by atoms with van der Waals surface area (Å²) in [4.78, 5) is 22.1. The quantitative estimate of drug-likeness (QED) is 0.717. The van der Waals surface area contributed by atoms with Crippen molar-refractivity contribution in [2.45, 2.75) is 0 Å². The highest BCUT2D eigenvalue weighted by molar-refractivity contribution is 5.77. The number of benzene rings is 2. The molecule has 0 N–H and O–H groups in total. The Morgan fingerprint density at radius 3 is 2.84 bits per heavy atom. The number of hydrogen-bond acceptors (Lipinski definition) is 5. The highest BCUT2D eigenvalue weighted by Gasteiger charge is 2.21. The van der Waals surface area contributed by atoms with Gasteiger partial charge in [-0.25, -0.2) is 9.78 Å². The van der Waals surface area contributed by atoms with Crippen molar-refractivity contribution in [3.63, 3.8) is 0 Å². The molecule has 1 aromatic heterocycles. The van der Waals surface area contributed by atoms with E-state index < -0.39 is 0 Å². The van der Waals surface area contributed by atoms with Gasteiger partial charge >= 0.3 is 6.09 Å². The maximum absolute atomic E-state index is 11.4. The first-order chi connectivity index (χ1) is 12.3. The molecule has 0 radical (unpaired) electrons. The summed E-state index contributed by atoms with van der Waals surface area (Å²) in [6.07, 6.45) is 1.49. The fourth-order valence-corrected chi connectivity index (χ4v) is 2.74. The van der Waals surface area contributed by atoms with E-state index in [9.17, 15) is 4.79 Å². The number of ether oxygens (including phenoxy) is 2. The van der Waals surface area contributed by atoms with Crippen LogP contribution in [-0.2, 0) is 4.74 Å². The topological polar surface area (TPSA) is 64.5 Å². The molecule has 1 aliphatic heterocycles. The number of carbonyl (C=O) groups is 1. The van der Waals surface area contributed by atoms with Crippen LogP contribution in [0.5, 0.6) is 5.75 Å². The average Bonchev–Trinajstić information content (AvgIpc) is 3.06. The zero-order valence-corrected chi connectivity index (χ0v) is 13.6. The molecule has 3 aromatic rings. The van der Waals surface area contributed by atoms with Crippen LogP contribution in [0.25, 0.3) is 22.3 Å². The van der Waals surface area contributed by atoms with Gasteiger partial charge < -0.3 is 14.4 Å². The van der Waals surface area contributed by atoms with E-state index in [2.05, 4.69) is 9.97 Å². The monoisotopic (exact) mass is 335 g/mol. The number of rotatable bonds is 5. The number of amides is 1. The molecule has 0 aliphatic carbocycles. The standard InChI is InChI=1S/C19H17N3O3/c23-19-22(9-11-25-19)8-10-24-15-5-3-4-14(12-15)18-13-20-16-6-1-2-7-17(16)21-18/h1-7,12-13H,8-11H2. The fourth-order valence-electron chi connectivity index (χ4n) is 2.74. The number of carbonyl (C=O) groups excluding carboxylic acids is 1. The van der Waals surface area contributed by atoms with E-state index in [-0.39, 0.29) is 6.09 Å². The van der Waals surface area contributed by atoms with Crippen molar-refractivity contribution in [3.8, 4) is 17.0 Å².